The first-order valence-electron chi connectivity index (χ1n) is 7.22. The lowest BCUT2D eigenvalue weighted by molar-refractivity contribution is 0.293. The molecule has 0 N–H and O–H groups in total. The number of rotatable bonds is 7. The molecular formula is C16H19N3O3. The van der Waals surface area contributed by atoms with Gasteiger partial charge in [0.1, 0.15) is 24.7 Å². The lowest BCUT2D eigenvalue weighted by atomic mass is 10.2. The molecule has 0 amide bonds. The van der Waals surface area contributed by atoms with E-state index in [2.05, 4.69) is 10.2 Å². The van der Waals surface area contributed by atoms with E-state index in [1.807, 2.05) is 13.8 Å². The smallest absolute Gasteiger partial charge is 0.253 e. The standard InChI is InChI=1S/C16H19N3O3/c1-3-15-18-12(2)10-16(20)19(15)8-9-22-14-6-4-13(5-7-14)11-17-21/h4-7,10H,3,8-9,11H2,1-2H3. The average molecular weight is 301 g/mol. The van der Waals surface area contributed by atoms with Crippen LogP contribution in [0.3, 0.4) is 0 Å². The van der Waals surface area contributed by atoms with Crippen molar-refractivity contribution in [3.63, 3.8) is 0 Å². The van der Waals surface area contributed by atoms with Gasteiger partial charge in [0.05, 0.1) is 6.54 Å². The largest absolute Gasteiger partial charge is 0.492 e. The number of aromatic nitrogens is 2. The van der Waals surface area contributed by atoms with Gasteiger partial charge < -0.3 is 4.74 Å². The predicted octanol–water partition coefficient (Wildman–Crippen LogP) is 2.46. The molecule has 0 saturated heterocycles. The van der Waals surface area contributed by atoms with Crippen molar-refractivity contribution in [3.05, 3.63) is 62.7 Å². The zero-order valence-corrected chi connectivity index (χ0v) is 12.8. The summed E-state index contributed by atoms with van der Waals surface area (Å²) in [6.07, 6.45) is 0.699. The van der Waals surface area contributed by atoms with E-state index in [0.29, 0.717) is 25.3 Å². The molecule has 0 bridgehead atoms. The van der Waals surface area contributed by atoms with Crippen LogP contribution in [0.1, 0.15) is 24.0 Å². The van der Waals surface area contributed by atoms with Gasteiger partial charge in [-0.1, -0.05) is 24.2 Å². The van der Waals surface area contributed by atoms with Crippen molar-refractivity contribution in [3.8, 4) is 5.75 Å². The highest BCUT2D eigenvalue weighted by molar-refractivity contribution is 5.27. The second-order valence-electron chi connectivity index (χ2n) is 4.94. The van der Waals surface area contributed by atoms with Gasteiger partial charge in [-0.15, -0.1) is 0 Å². The van der Waals surface area contributed by atoms with Crippen LogP contribution >= 0.6 is 0 Å². The van der Waals surface area contributed by atoms with Crippen molar-refractivity contribution in [2.24, 2.45) is 5.18 Å². The highest BCUT2D eigenvalue weighted by Gasteiger charge is 2.05. The summed E-state index contributed by atoms with van der Waals surface area (Å²) in [7, 11) is 0. The molecule has 0 aliphatic carbocycles. The van der Waals surface area contributed by atoms with Crippen LogP contribution < -0.4 is 10.3 Å². The maximum atomic E-state index is 12.0. The van der Waals surface area contributed by atoms with Crippen LogP contribution in [0, 0.1) is 11.8 Å². The quantitative estimate of drug-likeness (QED) is 0.736. The number of nitroso groups, excluding NO2 is 1. The monoisotopic (exact) mass is 301 g/mol. The van der Waals surface area contributed by atoms with Crippen LogP contribution in [-0.4, -0.2) is 16.2 Å². The summed E-state index contributed by atoms with van der Waals surface area (Å²) in [4.78, 5) is 26.6. The Labute approximate surface area is 128 Å². The van der Waals surface area contributed by atoms with Gasteiger partial charge in [-0.3, -0.25) is 9.36 Å². The van der Waals surface area contributed by atoms with Crippen LogP contribution in [0.25, 0.3) is 0 Å². The maximum Gasteiger partial charge on any atom is 0.253 e. The average Bonchev–Trinajstić information content (AvgIpc) is 2.51. The molecule has 6 heteroatoms. The van der Waals surface area contributed by atoms with Crippen LogP contribution in [-0.2, 0) is 19.5 Å². The molecule has 1 aromatic heterocycles. The Balaban J connectivity index is 1.99. The van der Waals surface area contributed by atoms with Crippen molar-refractivity contribution < 1.29 is 4.74 Å². The molecule has 6 nitrogen and oxygen atoms in total. The van der Waals surface area contributed by atoms with Crippen LogP contribution in [0.5, 0.6) is 5.75 Å². The fraction of sp³-hybridized carbons (Fsp3) is 0.375. The molecule has 0 atom stereocenters. The topological polar surface area (TPSA) is 73.6 Å². The summed E-state index contributed by atoms with van der Waals surface area (Å²) in [6.45, 7) is 4.77. The molecule has 1 heterocycles. The highest BCUT2D eigenvalue weighted by atomic mass is 16.5. The van der Waals surface area contributed by atoms with E-state index in [-0.39, 0.29) is 12.1 Å². The van der Waals surface area contributed by atoms with E-state index in [1.54, 1.807) is 28.8 Å². The predicted molar refractivity (Wildman–Crippen MR) is 84.0 cm³/mol. The molecule has 1 aromatic carbocycles. The number of aryl methyl sites for hydroxylation is 2. The van der Waals surface area contributed by atoms with Gasteiger partial charge in [0.15, 0.2) is 0 Å². The normalized spacial score (nSPS) is 10.5. The first kappa shape index (κ1) is 15.9. The third-order valence-corrected chi connectivity index (χ3v) is 3.29. The molecule has 2 aromatic rings. The Morgan fingerprint density at radius 3 is 2.64 bits per heavy atom. The number of hydrogen-bond donors (Lipinski definition) is 0. The fourth-order valence-electron chi connectivity index (χ4n) is 2.21. The second kappa shape index (κ2) is 7.49. The minimum atomic E-state index is -0.0552. The number of ether oxygens (including phenoxy) is 1. The molecular weight excluding hydrogens is 282 g/mol. The first-order valence-corrected chi connectivity index (χ1v) is 7.22. The van der Waals surface area contributed by atoms with E-state index in [0.717, 1.165) is 17.1 Å². The molecule has 2 rings (SSSR count). The molecule has 22 heavy (non-hydrogen) atoms. The zero-order valence-electron chi connectivity index (χ0n) is 12.8. The Bertz CT molecular complexity index is 693. The lowest BCUT2D eigenvalue weighted by Gasteiger charge is -2.12. The Hall–Kier alpha value is -2.50. The minimum absolute atomic E-state index is 0.0552. The molecule has 0 unspecified atom stereocenters. The summed E-state index contributed by atoms with van der Waals surface area (Å²) in [5.41, 5.74) is 1.52. The zero-order chi connectivity index (χ0) is 15.9. The van der Waals surface area contributed by atoms with Crippen molar-refractivity contribution in [2.75, 3.05) is 6.61 Å². The van der Waals surface area contributed by atoms with Crippen LogP contribution in [0.2, 0.25) is 0 Å². The molecule has 0 aliphatic rings. The van der Waals surface area contributed by atoms with Crippen molar-refractivity contribution in [1.29, 1.82) is 0 Å². The number of nitrogens with zero attached hydrogens (tertiary/aromatic N) is 3. The molecule has 0 spiro atoms. The van der Waals surface area contributed by atoms with Gasteiger partial charge in [-0.25, -0.2) is 4.98 Å². The van der Waals surface area contributed by atoms with Gasteiger partial charge >= 0.3 is 0 Å². The molecule has 116 valence electrons. The summed E-state index contributed by atoms with van der Waals surface area (Å²) in [5.74, 6) is 1.46. The van der Waals surface area contributed by atoms with E-state index in [9.17, 15) is 9.70 Å². The third kappa shape index (κ3) is 4.00. The van der Waals surface area contributed by atoms with Gasteiger partial charge in [-0.2, -0.15) is 4.91 Å². The van der Waals surface area contributed by atoms with E-state index < -0.39 is 0 Å². The third-order valence-electron chi connectivity index (χ3n) is 3.29. The van der Waals surface area contributed by atoms with Crippen molar-refractivity contribution in [2.45, 2.75) is 33.4 Å². The Morgan fingerprint density at radius 1 is 1.27 bits per heavy atom. The molecule has 0 radical (unpaired) electrons. The molecule has 0 fully saturated rings. The number of benzene rings is 1. The van der Waals surface area contributed by atoms with Gasteiger partial charge in [0.25, 0.3) is 5.56 Å². The maximum absolute atomic E-state index is 12.0. The molecule has 0 aliphatic heterocycles. The van der Waals surface area contributed by atoms with E-state index in [1.165, 1.54) is 6.07 Å². The Kier molecular flexibility index (Phi) is 5.41. The minimum Gasteiger partial charge on any atom is -0.492 e. The Morgan fingerprint density at radius 2 is 2.00 bits per heavy atom. The summed E-state index contributed by atoms with van der Waals surface area (Å²) in [5, 5.41) is 2.84. The summed E-state index contributed by atoms with van der Waals surface area (Å²) >= 11 is 0. The van der Waals surface area contributed by atoms with Gasteiger partial charge in [0, 0.05) is 18.2 Å². The van der Waals surface area contributed by atoms with E-state index >= 15 is 0 Å². The van der Waals surface area contributed by atoms with Gasteiger partial charge in [0.2, 0.25) is 0 Å². The molecule has 0 saturated carbocycles. The number of hydrogen-bond acceptors (Lipinski definition) is 5. The lowest BCUT2D eigenvalue weighted by Crippen LogP contribution is -2.27. The van der Waals surface area contributed by atoms with Crippen LogP contribution in [0.15, 0.2) is 40.3 Å². The van der Waals surface area contributed by atoms with Crippen molar-refractivity contribution >= 4 is 0 Å². The summed E-state index contributed by atoms with van der Waals surface area (Å²) in [6, 6.07) is 8.71. The fourth-order valence-corrected chi connectivity index (χ4v) is 2.21. The first-order chi connectivity index (χ1) is 10.6. The van der Waals surface area contributed by atoms with E-state index in [4.69, 9.17) is 4.74 Å². The summed E-state index contributed by atoms with van der Waals surface area (Å²) < 4.78 is 7.27. The second-order valence-corrected chi connectivity index (χ2v) is 4.94. The SMILES string of the molecule is CCc1nc(C)cc(=O)n1CCOc1ccc(CN=O)cc1. The van der Waals surface area contributed by atoms with Crippen molar-refractivity contribution in [1.82, 2.24) is 9.55 Å². The van der Waals surface area contributed by atoms with Gasteiger partial charge in [-0.05, 0) is 24.6 Å². The van der Waals surface area contributed by atoms with Crippen LogP contribution in [0.4, 0.5) is 0 Å². The highest BCUT2D eigenvalue weighted by Crippen LogP contribution is 2.12.